The number of esters is 1. The third-order valence-corrected chi connectivity index (χ3v) is 3.30. The maximum Gasteiger partial charge on any atom is 0.338 e. The van der Waals surface area contributed by atoms with E-state index in [1.54, 1.807) is 31.2 Å². The van der Waals surface area contributed by atoms with Gasteiger partial charge in [-0.2, -0.15) is 0 Å². The van der Waals surface area contributed by atoms with Crippen LogP contribution in [0.2, 0.25) is 0 Å². The lowest BCUT2D eigenvalue weighted by Crippen LogP contribution is -2.34. The van der Waals surface area contributed by atoms with Gasteiger partial charge in [-0.05, 0) is 19.1 Å². The Kier molecular flexibility index (Phi) is 5.35. The van der Waals surface area contributed by atoms with Gasteiger partial charge in [-0.1, -0.05) is 18.2 Å². The lowest BCUT2D eigenvalue weighted by molar-refractivity contribution is -0.305. The van der Waals surface area contributed by atoms with Crippen molar-refractivity contribution in [3.05, 3.63) is 41.6 Å². The van der Waals surface area contributed by atoms with Crippen LogP contribution in [-0.2, 0) is 19.1 Å². The molecule has 0 spiro atoms. The lowest BCUT2D eigenvalue weighted by atomic mass is 10.2. The number of rotatable bonds is 7. The van der Waals surface area contributed by atoms with E-state index in [0.29, 0.717) is 5.69 Å². The Hall–Kier alpha value is -2.83. The highest BCUT2D eigenvalue weighted by Crippen LogP contribution is 2.22. The van der Waals surface area contributed by atoms with Gasteiger partial charge in [-0.3, -0.25) is 4.79 Å². The minimum absolute atomic E-state index is 0.0140. The molecule has 1 aromatic rings. The third-order valence-electron chi connectivity index (χ3n) is 3.30. The van der Waals surface area contributed by atoms with Crippen LogP contribution in [0, 0.1) is 0 Å². The molecule has 0 fully saturated rings. The molecule has 0 aliphatic carbocycles. The molecule has 0 radical (unpaired) electrons. The molecular formula is C16H17N2O5-. The van der Waals surface area contributed by atoms with Gasteiger partial charge in [0.2, 0.25) is 0 Å². The summed E-state index contributed by atoms with van der Waals surface area (Å²) >= 11 is 0. The van der Waals surface area contributed by atoms with Crippen LogP contribution in [0.5, 0.6) is 0 Å². The normalized spacial score (nSPS) is 14.1. The van der Waals surface area contributed by atoms with Crippen LogP contribution < -0.4 is 10.4 Å². The zero-order chi connectivity index (χ0) is 16.8. The highest BCUT2D eigenvalue weighted by Gasteiger charge is 2.34. The Bertz CT molecular complexity index is 639. The summed E-state index contributed by atoms with van der Waals surface area (Å²) in [5, 5.41) is 13.5. The van der Waals surface area contributed by atoms with Gasteiger partial charge in [0.1, 0.15) is 5.70 Å². The summed E-state index contributed by atoms with van der Waals surface area (Å²) in [5.74, 6) is -2.27. The summed E-state index contributed by atoms with van der Waals surface area (Å²) in [6.07, 6.45) is -0.291. The molecule has 0 atom stereocenters. The molecular weight excluding hydrogens is 300 g/mol. The quantitative estimate of drug-likeness (QED) is 0.705. The van der Waals surface area contributed by atoms with E-state index in [-0.39, 0.29) is 37.4 Å². The van der Waals surface area contributed by atoms with Crippen LogP contribution in [0.25, 0.3) is 0 Å². The second-order valence-electron chi connectivity index (χ2n) is 4.91. The molecule has 0 saturated carbocycles. The molecule has 1 heterocycles. The molecule has 0 unspecified atom stereocenters. The van der Waals surface area contributed by atoms with Gasteiger partial charge in [0, 0.05) is 24.6 Å². The van der Waals surface area contributed by atoms with E-state index in [2.05, 4.69) is 5.32 Å². The fourth-order valence-corrected chi connectivity index (χ4v) is 2.22. The summed E-state index contributed by atoms with van der Waals surface area (Å²) < 4.78 is 4.97. The number of hydrogen-bond acceptors (Lipinski definition) is 6. The van der Waals surface area contributed by atoms with Crippen LogP contribution in [0.1, 0.15) is 13.3 Å². The second kappa shape index (κ2) is 7.44. The van der Waals surface area contributed by atoms with E-state index < -0.39 is 17.8 Å². The van der Waals surface area contributed by atoms with Crippen LogP contribution in [0.4, 0.5) is 5.69 Å². The first-order valence-corrected chi connectivity index (χ1v) is 7.24. The molecule has 7 heteroatoms. The number of amides is 1. The number of carbonyl (C=O) groups is 3. The van der Waals surface area contributed by atoms with E-state index >= 15 is 0 Å². The van der Waals surface area contributed by atoms with Crippen molar-refractivity contribution < 1.29 is 24.2 Å². The molecule has 1 N–H and O–H groups in total. The van der Waals surface area contributed by atoms with Gasteiger partial charge in [0.25, 0.3) is 5.91 Å². The van der Waals surface area contributed by atoms with Gasteiger partial charge in [0.05, 0.1) is 18.7 Å². The second-order valence-corrected chi connectivity index (χ2v) is 4.91. The predicted molar refractivity (Wildman–Crippen MR) is 79.9 cm³/mol. The largest absolute Gasteiger partial charge is 0.550 e. The summed E-state index contributed by atoms with van der Waals surface area (Å²) in [7, 11) is 0. The van der Waals surface area contributed by atoms with E-state index in [1.807, 2.05) is 6.07 Å². The zero-order valence-electron chi connectivity index (χ0n) is 12.7. The average molecular weight is 317 g/mol. The Balaban J connectivity index is 2.22. The molecule has 0 aromatic heterocycles. The van der Waals surface area contributed by atoms with E-state index in [1.165, 1.54) is 4.90 Å². The monoisotopic (exact) mass is 317 g/mol. The summed E-state index contributed by atoms with van der Waals surface area (Å²) in [4.78, 5) is 36.3. The smallest absolute Gasteiger partial charge is 0.338 e. The first kappa shape index (κ1) is 16.5. The molecule has 2 rings (SSSR count). The standard InChI is InChI=1S/C16H18N2O5/c1-2-23-16(22)12-10-18(9-8-13(19)20)15(21)14(12)17-11-6-4-3-5-7-11/h3-7,17H,2,8-10H2,1H3,(H,19,20)/p-1. The summed E-state index contributed by atoms with van der Waals surface area (Å²) in [5.41, 5.74) is 0.964. The van der Waals surface area contributed by atoms with Gasteiger partial charge >= 0.3 is 5.97 Å². The number of nitrogens with one attached hydrogen (secondary N) is 1. The Morgan fingerprint density at radius 2 is 2.00 bits per heavy atom. The van der Waals surface area contributed by atoms with Crippen LogP contribution in [0.15, 0.2) is 41.6 Å². The van der Waals surface area contributed by atoms with Crippen molar-refractivity contribution in [1.82, 2.24) is 4.90 Å². The number of aliphatic carboxylic acids is 1. The van der Waals surface area contributed by atoms with Crippen LogP contribution >= 0.6 is 0 Å². The molecule has 23 heavy (non-hydrogen) atoms. The zero-order valence-corrected chi connectivity index (χ0v) is 12.7. The Morgan fingerprint density at radius 3 is 2.61 bits per heavy atom. The number of nitrogens with zero attached hydrogens (tertiary/aromatic N) is 1. The maximum absolute atomic E-state index is 12.4. The number of hydrogen-bond donors (Lipinski definition) is 1. The first-order chi connectivity index (χ1) is 11.0. The average Bonchev–Trinajstić information content (AvgIpc) is 2.83. The number of ether oxygens (including phenoxy) is 1. The molecule has 1 aliphatic rings. The lowest BCUT2D eigenvalue weighted by Gasteiger charge is -2.17. The van der Waals surface area contributed by atoms with Crippen molar-refractivity contribution in [2.45, 2.75) is 13.3 Å². The van der Waals surface area contributed by atoms with Crippen LogP contribution in [0.3, 0.4) is 0 Å². The minimum atomic E-state index is -1.25. The van der Waals surface area contributed by atoms with Gasteiger partial charge < -0.3 is 24.9 Å². The first-order valence-electron chi connectivity index (χ1n) is 7.24. The number of para-hydroxylation sites is 1. The number of anilines is 1. The van der Waals surface area contributed by atoms with E-state index in [0.717, 1.165) is 0 Å². The van der Waals surface area contributed by atoms with Crippen molar-refractivity contribution in [3.63, 3.8) is 0 Å². The van der Waals surface area contributed by atoms with Crippen molar-refractivity contribution in [2.75, 3.05) is 25.0 Å². The number of carbonyl (C=O) groups excluding carboxylic acids is 3. The topological polar surface area (TPSA) is 98.8 Å². The fraction of sp³-hybridized carbons (Fsp3) is 0.312. The fourth-order valence-electron chi connectivity index (χ4n) is 2.22. The molecule has 1 aromatic carbocycles. The minimum Gasteiger partial charge on any atom is -0.550 e. The van der Waals surface area contributed by atoms with Gasteiger partial charge in [0.15, 0.2) is 0 Å². The van der Waals surface area contributed by atoms with Crippen molar-refractivity contribution in [3.8, 4) is 0 Å². The molecule has 1 amide bonds. The number of carboxylic acids is 1. The molecule has 122 valence electrons. The Labute approximate surface area is 133 Å². The SMILES string of the molecule is CCOC(=O)C1=C(Nc2ccccc2)C(=O)N(CCC(=O)[O-])C1. The predicted octanol–water partition coefficient (Wildman–Crippen LogP) is -0.102. The van der Waals surface area contributed by atoms with E-state index in [4.69, 9.17) is 4.74 Å². The van der Waals surface area contributed by atoms with Crippen molar-refractivity contribution in [1.29, 1.82) is 0 Å². The van der Waals surface area contributed by atoms with Gasteiger partial charge in [-0.15, -0.1) is 0 Å². The van der Waals surface area contributed by atoms with Crippen molar-refractivity contribution >= 4 is 23.5 Å². The van der Waals surface area contributed by atoms with Gasteiger partial charge in [-0.25, -0.2) is 4.79 Å². The Morgan fingerprint density at radius 1 is 1.30 bits per heavy atom. The third kappa shape index (κ3) is 4.09. The highest BCUT2D eigenvalue weighted by atomic mass is 16.5. The summed E-state index contributed by atoms with van der Waals surface area (Å²) in [6.45, 7) is 1.85. The summed E-state index contributed by atoms with van der Waals surface area (Å²) in [6, 6.07) is 8.93. The van der Waals surface area contributed by atoms with E-state index in [9.17, 15) is 19.5 Å². The number of carboxylic acid groups (broad SMARTS) is 1. The number of benzene rings is 1. The highest BCUT2D eigenvalue weighted by molar-refractivity contribution is 6.08. The maximum atomic E-state index is 12.4. The molecule has 1 aliphatic heterocycles. The molecule has 0 bridgehead atoms. The molecule has 7 nitrogen and oxygen atoms in total. The van der Waals surface area contributed by atoms with Crippen molar-refractivity contribution in [2.24, 2.45) is 0 Å². The van der Waals surface area contributed by atoms with Crippen LogP contribution in [-0.4, -0.2) is 42.4 Å². The molecule has 0 saturated heterocycles.